The summed E-state index contributed by atoms with van der Waals surface area (Å²) in [4.78, 5) is 37.5. The molecule has 0 aliphatic carbocycles. The molecule has 0 aliphatic rings. The number of aromatic hydroxyl groups is 1. The van der Waals surface area contributed by atoms with Gasteiger partial charge in [-0.2, -0.15) is 0 Å². The normalized spacial score (nSPS) is 11.7. The van der Waals surface area contributed by atoms with Gasteiger partial charge in [-0.15, -0.1) is 0 Å². The number of anilines is 1. The molecule has 0 unspecified atom stereocenters. The number of aromatic nitrogens is 2. The van der Waals surface area contributed by atoms with E-state index >= 15 is 0 Å². The van der Waals surface area contributed by atoms with Crippen LogP contribution in [0.5, 0.6) is 5.75 Å². The molecule has 3 rings (SSSR count). The summed E-state index contributed by atoms with van der Waals surface area (Å²) in [5.41, 5.74) is 1.64. The molecular weight excluding hydrogens is 386 g/mol. The summed E-state index contributed by atoms with van der Waals surface area (Å²) in [5, 5.41) is 11.9. The highest BCUT2D eigenvalue weighted by Crippen LogP contribution is 2.15. The Hall–Kier alpha value is -3.81. The summed E-state index contributed by atoms with van der Waals surface area (Å²) in [6.07, 6.45) is -1.12. The third-order valence-electron chi connectivity index (χ3n) is 4.76. The molecule has 30 heavy (non-hydrogen) atoms. The Morgan fingerprint density at radius 1 is 1.10 bits per heavy atom. The largest absolute Gasteiger partial charge is 0.508 e. The van der Waals surface area contributed by atoms with Crippen molar-refractivity contribution in [3.63, 3.8) is 0 Å². The van der Waals surface area contributed by atoms with E-state index in [2.05, 4.69) is 5.32 Å². The van der Waals surface area contributed by atoms with Crippen molar-refractivity contribution in [1.82, 2.24) is 9.36 Å². The number of phenols is 1. The van der Waals surface area contributed by atoms with Crippen LogP contribution in [0.1, 0.15) is 18.2 Å². The van der Waals surface area contributed by atoms with E-state index in [-0.39, 0.29) is 23.4 Å². The van der Waals surface area contributed by atoms with Gasteiger partial charge in [-0.1, -0.05) is 30.3 Å². The number of para-hydroxylation sites is 1. The number of carbonyl (C=O) groups is 2. The zero-order valence-corrected chi connectivity index (χ0v) is 17.0. The molecular formula is C22H23N3O5. The van der Waals surface area contributed by atoms with E-state index in [4.69, 9.17) is 4.74 Å². The van der Waals surface area contributed by atoms with E-state index in [1.54, 1.807) is 42.9 Å². The number of esters is 1. The number of amides is 1. The second kappa shape index (κ2) is 8.69. The molecule has 0 aliphatic heterocycles. The Bertz CT molecular complexity index is 1110. The second-order valence-electron chi connectivity index (χ2n) is 6.90. The predicted molar refractivity (Wildman–Crippen MR) is 112 cm³/mol. The average Bonchev–Trinajstić information content (AvgIpc) is 2.93. The number of rotatable bonds is 6. The van der Waals surface area contributed by atoms with Crippen LogP contribution in [0.15, 0.2) is 59.4 Å². The molecule has 1 amide bonds. The summed E-state index contributed by atoms with van der Waals surface area (Å²) < 4.78 is 8.29. The molecule has 1 heterocycles. The van der Waals surface area contributed by atoms with Crippen LogP contribution in [0.25, 0.3) is 5.69 Å². The first-order valence-corrected chi connectivity index (χ1v) is 9.40. The van der Waals surface area contributed by atoms with Crippen molar-refractivity contribution in [2.75, 3.05) is 5.32 Å². The van der Waals surface area contributed by atoms with Crippen molar-refractivity contribution in [1.29, 1.82) is 0 Å². The molecule has 0 spiro atoms. The van der Waals surface area contributed by atoms with Crippen molar-refractivity contribution in [2.24, 2.45) is 7.05 Å². The second-order valence-corrected chi connectivity index (χ2v) is 6.90. The van der Waals surface area contributed by atoms with Gasteiger partial charge in [-0.25, -0.2) is 4.68 Å². The molecule has 0 fully saturated rings. The van der Waals surface area contributed by atoms with Crippen molar-refractivity contribution in [3.05, 3.63) is 76.2 Å². The van der Waals surface area contributed by atoms with E-state index in [1.807, 2.05) is 18.2 Å². The number of hydrogen-bond donors (Lipinski definition) is 2. The standard InChI is InChI=1S/C22H23N3O5/c1-14-20(22(29)25(24(14)3)17-7-5-4-6-8-17)23-21(28)15(2)30-19(27)13-16-9-11-18(26)12-10-16/h4-12,15,26H,13H2,1-3H3,(H,23,28)/t15-/m1/s1. The van der Waals surface area contributed by atoms with Gasteiger partial charge in [-0.3, -0.25) is 19.1 Å². The minimum Gasteiger partial charge on any atom is -0.508 e. The zero-order chi connectivity index (χ0) is 21.8. The van der Waals surface area contributed by atoms with Gasteiger partial charge in [-0.05, 0) is 43.7 Å². The Labute approximate surface area is 173 Å². The molecule has 1 atom stereocenters. The summed E-state index contributed by atoms with van der Waals surface area (Å²) in [6, 6.07) is 15.2. The first kappa shape index (κ1) is 20.9. The maximum Gasteiger partial charge on any atom is 0.311 e. The van der Waals surface area contributed by atoms with Gasteiger partial charge < -0.3 is 15.2 Å². The van der Waals surface area contributed by atoms with E-state index < -0.39 is 18.0 Å². The van der Waals surface area contributed by atoms with Crippen molar-refractivity contribution in [3.8, 4) is 11.4 Å². The summed E-state index contributed by atoms with van der Waals surface area (Å²) in [5.74, 6) is -1.09. The van der Waals surface area contributed by atoms with E-state index in [9.17, 15) is 19.5 Å². The van der Waals surface area contributed by atoms with Crippen molar-refractivity contribution < 1.29 is 19.4 Å². The van der Waals surface area contributed by atoms with Crippen LogP contribution in [0, 0.1) is 6.92 Å². The highest BCUT2D eigenvalue weighted by molar-refractivity contribution is 5.95. The van der Waals surface area contributed by atoms with E-state index in [0.29, 0.717) is 16.9 Å². The van der Waals surface area contributed by atoms with Crippen molar-refractivity contribution in [2.45, 2.75) is 26.4 Å². The number of nitrogens with one attached hydrogen (secondary N) is 1. The predicted octanol–water partition coefficient (Wildman–Crippen LogP) is 2.30. The monoisotopic (exact) mass is 409 g/mol. The van der Waals surface area contributed by atoms with Gasteiger partial charge in [0, 0.05) is 7.05 Å². The Balaban J connectivity index is 1.70. The van der Waals surface area contributed by atoms with E-state index in [0.717, 1.165) is 0 Å². The molecule has 2 N–H and O–H groups in total. The van der Waals surface area contributed by atoms with Crippen LogP contribution in [0.3, 0.4) is 0 Å². The van der Waals surface area contributed by atoms with Gasteiger partial charge in [0.05, 0.1) is 17.8 Å². The van der Waals surface area contributed by atoms with Gasteiger partial charge in [0.1, 0.15) is 11.4 Å². The highest BCUT2D eigenvalue weighted by Gasteiger charge is 2.23. The van der Waals surface area contributed by atoms with E-state index in [1.165, 1.54) is 23.7 Å². The third kappa shape index (κ3) is 4.43. The van der Waals surface area contributed by atoms with Gasteiger partial charge in [0.2, 0.25) is 0 Å². The topological polar surface area (TPSA) is 103 Å². The van der Waals surface area contributed by atoms with Crippen molar-refractivity contribution >= 4 is 17.6 Å². The van der Waals surface area contributed by atoms with Crippen LogP contribution >= 0.6 is 0 Å². The molecule has 8 heteroatoms. The van der Waals surface area contributed by atoms with Crippen LogP contribution in [0.2, 0.25) is 0 Å². The maximum atomic E-state index is 12.9. The molecule has 3 aromatic rings. The number of benzene rings is 2. The lowest BCUT2D eigenvalue weighted by Gasteiger charge is -2.13. The maximum absolute atomic E-state index is 12.9. The minimum absolute atomic E-state index is 0.0386. The fraction of sp³-hybridized carbons (Fsp3) is 0.227. The summed E-state index contributed by atoms with van der Waals surface area (Å²) in [6.45, 7) is 3.16. The summed E-state index contributed by atoms with van der Waals surface area (Å²) in [7, 11) is 1.72. The number of hydrogen-bond acceptors (Lipinski definition) is 5. The number of carbonyl (C=O) groups excluding carboxylic acids is 2. The lowest BCUT2D eigenvalue weighted by molar-refractivity contribution is -0.152. The molecule has 8 nitrogen and oxygen atoms in total. The fourth-order valence-corrected chi connectivity index (χ4v) is 3.01. The fourth-order valence-electron chi connectivity index (χ4n) is 3.01. The molecule has 0 saturated carbocycles. The highest BCUT2D eigenvalue weighted by atomic mass is 16.5. The Morgan fingerprint density at radius 2 is 1.73 bits per heavy atom. The third-order valence-corrected chi connectivity index (χ3v) is 4.76. The van der Waals surface area contributed by atoms with Crippen LogP contribution in [0.4, 0.5) is 5.69 Å². The van der Waals surface area contributed by atoms with Gasteiger partial charge in [0.15, 0.2) is 6.10 Å². The molecule has 0 radical (unpaired) electrons. The van der Waals surface area contributed by atoms with Crippen LogP contribution in [-0.4, -0.2) is 32.5 Å². The Kier molecular flexibility index (Phi) is 6.06. The SMILES string of the molecule is Cc1c(NC(=O)[C@@H](C)OC(=O)Cc2ccc(O)cc2)c(=O)n(-c2ccccc2)n1C. The summed E-state index contributed by atoms with van der Waals surface area (Å²) >= 11 is 0. The Morgan fingerprint density at radius 3 is 2.37 bits per heavy atom. The number of phenolic OH excluding ortho intramolecular Hbond substituents is 1. The lowest BCUT2D eigenvalue weighted by atomic mass is 10.1. The van der Waals surface area contributed by atoms with Crippen LogP contribution < -0.4 is 10.9 Å². The van der Waals surface area contributed by atoms with Gasteiger partial charge >= 0.3 is 5.97 Å². The minimum atomic E-state index is -1.08. The number of ether oxygens (including phenoxy) is 1. The lowest BCUT2D eigenvalue weighted by Crippen LogP contribution is -2.32. The van der Waals surface area contributed by atoms with Crippen LogP contribution in [-0.2, 0) is 27.8 Å². The smallest absolute Gasteiger partial charge is 0.311 e. The molecule has 156 valence electrons. The molecule has 2 aromatic carbocycles. The molecule has 0 bridgehead atoms. The first-order chi connectivity index (χ1) is 14.3. The molecule has 1 aromatic heterocycles. The number of nitrogens with zero attached hydrogens (tertiary/aromatic N) is 2. The molecule has 0 saturated heterocycles. The average molecular weight is 409 g/mol. The quantitative estimate of drug-likeness (QED) is 0.608. The first-order valence-electron chi connectivity index (χ1n) is 9.40. The zero-order valence-electron chi connectivity index (χ0n) is 17.0. The van der Waals surface area contributed by atoms with Gasteiger partial charge in [0.25, 0.3) is 11.5 Å².